The van der Waals surface area contributed by atoms with Crippen molar-refractivity contribution in [2.24, 2.45) is 4.99 Å². The average Bonchev–Trinajstić information content (AvgIpc) is 3.38. The van der Waals surface area contributed by atoms with Crippen molar-refractivity contribution in [2.45, 2.75) is 39.3 Å². The maximum Gasteiger partial charge on any atom is 0.222 e. The van der Waals surface area contributed by atoms with Gasteiger partial charge in [-0.05, 0) is 31.0 Å². The van der Waals surface area contributed by atoms with Gasteiger partial charge in [0.2, 0.25) is 5.91 Å². The lowest BCUT2D eigenvalue weighted by molar-refractivity contribution is -0.129. The van der Waals surface area contributed by atoms with Crippen LogP contribution in [0.4, 0.5) is 4.39 Å². The highest BCUT2D eigenvalue weighted by atomic mass is 19.1. The Morgan fingerprint density at radius 2 is 2.25 bits per heavy atom. The number of carbonyl (C=O) groups excluding carboxylic acids is 1. The largest absolute Gasteiger partial charge is 0.357 e. The molecule has 8 heteroatoms. The van der Waals surface area contributed by atoms with Crippen molar-refractivity contribution >= 4 is 11.9 Å². The summed E-state index contributed by atoms with van der Waals surface area (Å²) in [5.41, 5.74) is 1.25. The second kappa shape index (κ2) is 9.34. The molecule has 0 aliphatic carbocycles. The first-order valence-corrected chi connectivity index (χ1v) is 9.70. The van der Waals surface area contributed by atoms with Gasteiger partial charge in [-0.2, -0.15) is 0 Å². The van der Waals surface area contributed by atoms with Gasteiger partial charge >= 0.3 is 0 Å². The fraction of sp³-hybridized carbons (Fsp3) is 0.450. The van der Waals surface area contributed by atoms with Crippen LogP contribution in [0, 0.1) is 5.82 Å². The van der Waals surface area contributed by atoms with E-state index in [4.69, 9.17) is 0 Å². The number of rotatable bonds is 6. The molecule has 2 heterocycles. The van der Waals surface area contributed by atoms with E-state index >= 15 is 0 Å². The van der Waals surface area contributed by atoms with Crippen LogP contribution in [0.15, 0.2) is 41.9 Å². The molecule has 0 saturated carbocycles. The van der Waals surface area contributed by atoms with Gasteiger partial charge in [-0.15, -0.1) is 0 Å². The molecule has 1 aliphatic heterocycles. The van der Waals surface area contributed by atoms with Gasteiger partial charge in [0.05, 0.1) is 18.6 Å². The zero-order valence-electron chi connectivity index (χ0n) is 16.4. The Labute approximate surface area is 164 Å². The number of imidazole rings is 1. The molecule has 1 saturated heterocycles. The van der Waals surface area contributed by atoms with Crippen LogP contribution in [-0.2, 0) is 11.3 Å². The van der Waals surface area contributed by atoms with Crippen LogP contribution < -0.4 is 10.6 Å². The number of hydrogen-bond acceptors (Lipinski definition) is 3. The van der Waals surface area contributed by atoms with Gasteiger partial charge in [0.1, 0.15) is 5.82 Å². The molecule has 1 aromatic heterocycles. The molecule has 0 spiro atoms. The molecule has 0 bridgehead atoms. The summed E-state index contributed by atoms with van der Waals surface area (Å²) < 4.78 is 16.0. The first kappa shape index (κ1) is 19.9. The van der Waals surface area contributed by atoms with Crippen molar-refractivity contribution < 1.29 is 9.18 Å². The molecule has 1 aliphatic rings. The predicted molar refractivity (Wildman–Crippen MR) is 107 cm³/mol. The Morgan fingerprint density at radius 3 is 2.93 bits per heavy atom. The third-order valence-corrected chi connectivity index (χ3v) is 4.74. The van der Waals surface area contributed by atoms with Crippen molar-refractivity contribution in [3.05, 3.63) is 48.3 Å². The molecule has 28 heavy (non-hydrogen) atoms. The van der Waals surface area contributed by atoms with E-state index in [0.717, 1.165) is 25.1 Å². The first-order valence-electron chi connectivity index (χ1n) is 9.70. The zero-order chi connectivity index (χ0) is 19.9. The highest BCUT2D eigenvalue weighted by molar-refractivity contribution is 5.80. The minimum absolute atomic E-state index is 0.175. The minimum atomic E-state index is -0.312. The SMILES string of the molecule is CCNC(=NCc1ccc(-n2ccnc2)c(F)c1)NC1CCN(C(=O)CC)C1. The van der Waals surface area contributed by atoms with Crippen molar-refractivity contribution in [1.82, 2.24) is 25.1 Å². The second-order valence-electron chi connectivity index (χ2n) is 6.77. The van der Waals surface area contributed by atoms with Gasteiger partial charge in [-0.1, -0.05) is 13.0 Å². The predicted octanol–water partition coefficient (Wildman–Crippen LogP) is 2.08. The number of carbonyl (C=O) groups is 1. The molecule has 2 N–H and O–H groups in total. The van der Waals surface area contributed by atoms with Crippen LogP contribution in [-0.4, -0.2) is 52.0 Å². The van der Waals surface area contributed by atoms with Gasteiger partial charge in [-0.25, -0.2) is 14.4 Å². The summed E-state index contributed by atoms with van der Waals surface area (Å²) in [5.74, 6) is 0.547. The quantitative estimate of drug-likeness (QED) is 0.589. The van der Waals surface area contributed by atoms with Crippen LogP contribution in [0.2, 0.25) is 0 Å². The number of benzene rings is 1. The monoisotopic (exact) mass is 386 g/mol. The smallest absolute Gasteiger partial charge is 0.222 e. The molecule has 1 unspecified atom stereocenters. The number of nitrogens with zero attached hydrogens (tertiary/aromatic N) is 4. The summed E-state index contributed by atoms with van der Waals surface area (Å²) in [7, 11) is 0. The lowest BCUT2D eigenvalue weighted by Gasteiger charge is -2.18. The normalized spacial score (nSPS) is 17.0. The molecule has 3 rings (SSSR count). The number of amides is 1. The molecular formula is C20H27FN6O. The van der Waals surface area contributed by atoms with Gasteiger partial charge < -0.3 is 20.1 Å². The van der Waals surface area contributed by atoms with Crippen molar-refractivity contribution in [2.75, 3.05) is 19.6 Å². The number of likely N-dealkylation sites (tertiary alicyclic amines) is 1. The molecule has 1 atom stereocenters. The molecule has 1 amide bonds. The van der Waals surface area contributed by atoms with E-state index in [1.54, 1.807) is 29.4 Å². The van der Waals surface area contributed by atoms with E-state index in [1.165, 1.54) is 6.07 Å². The van der Waals surface area contributed by atoms with E-state index in [2.05, 4.69) is 20.6 Å². The summed E-state index contributed by atoms with van der Waals surface area (Å²) in [6, 6.07) is 5.27. The molecule has 150 valence electrons. The fourth-order valence-corrected chi connectivity index (χ4v) is 3.27. The van der Waals surface area contributed by atoms with E-state index in [1.807, 2.05) is 24.8 Å². The van der Waals surface area contributed by atoms with Gasteiger partial charge in [0.25, 0.3) is 0 Å². The maximum absolute atomic E-state index is 14.4. The fourth-order valence-electron chi connectivity index (χ4n) is 3.27. The maximum atomic E-state index is 14.4. The number of guanidine groups is 1. The van der Waals surface area contributed by atoms with Crippen LogP contribution >= 0.6 is 0 Å². The first-order chi connectivity index (χ1) is 13.6. The lowest BCUT2D eigenvalue weighted by atomic mass is 10.2. The van der Waals surface area contributed by atoms with Gasteiger partial charge in [0, 0.05) is 44.5 Å². The van der Waals surface area contributed by atoms with E-state index in [-0.39, 0.29) is 17.8 Å². The lowest BCUT2D eigenvalue weighted by Crippen LogP contribution is -2.45. The summed E-state index contributed by atoms with van der Waals surface area (Å²) in [5, 5.41) is 6.60. The Balaban J connectivity index is 1.63. The minimum Gasteiger partial charge on any atom is -0.357 e. The molecule has 0 radical (unpaired) electrons. The van der Waals surface area contributed by atoms with Crippen LogP contribution in [0.5, 0.6) is 0 Å². The molecule has 1 aromatic carbocycles. The summed E-state index contributed by atoms with van der Waals surface area (Å²) in [6.45, 7) is 6.42. The second-order valence-corrected chi connectivity index (χ2v) is 6.77. The molecule has 7 nitrogen and oxygen atoms in total. The summed E-state index contributed by atoms with van der Waals surface area (Å²) in [4.78, 5) is 22.2. The van der Waals surface area contributed by atoms with E-state index in [0.29, 0.717) is 31.2 Å². The Bertz CT molecular complexity index is 820. The number of nitrogens with one attached hydrogen (secondary N) is 2. The average molecular weight is 386 g/mol. The van der Waals surface area contributed by atoms with Gasteiger partial charge in [-0.3, -0.25) is 4.79 Å². The van der Waals surface area contributed by atoms with Crippen LogP contribution in [0.3, 0.4) is 0 Å². The summed E-state index contributed by atoms with van der Waals surface area (Å²) >= 11 is 0. The number of aromatic nitrogens is 2. The zero-order valence-corrected chi connectivity index (χ0v) is 16.4. The van der Waals surface area contributed by atoms with Crippen molar-refractivity contribution in [3.63, 3.8) is 0 Å². The topological polar surface area (TPSA) is 74.6 Å². The molecular weight excluding hydrogens is 359 g/mol. The Morgan fingerprint density at radius 1 is 1.39 bits per heavy atom. The van der Waals surface area contributed by atoms with Crippen molar-refractivity contribution in [1.29, 1.82) is 0 Å². The van der Waals surface area contributed by atoms with E-state index < -0.39 is 0 Å². The highest BCUT2D eigenvalue weighted by Crippen LogP contribution is 2.16. The number of aliphatic imine (C=N–C) groups is 1. The number of halogens is 1. The van der Waals surface area contributed by atoms with Crippen LogP contribution in [0.1, 0.15) is 32.3 Å². The van der Waals surface area contributed by atoms with Crippen LogP contribution in [0.25, 0.3) is 5.69 Å². The Kier molecular flexibility index (Phi) is 6.62. The highest BCUT2D eigenvalue weighted by Gasteiger charge is 2.25. The molecule has 1 fully saturated rings. The number of hydrogen-bond donors (Lipinski definition) is 2. The van der Waals surface area contributed by atoms with E-state index in [9.17, 15) is 9.18 Å². The van der Waals surface area contributed by atoms with Crippen molar-refractivity contribution in [3.8, 4) is 5.69 Å². The third-order valence-electron chi connectivity index (χ3n) is 4.74. The molecule has 2 aromatic rings. The summed E-state index contributed by atoms with van der Waals surface area (Å²) in [6.07, 6.45) is 6.31. The standard InChI is InChI=1S/C20H27FN6O/c1-3-19(28)26-9-7-16(13-26)25-20(23-4-2)24-12-15-5-6-18(17(21)11-15)27-10-8-22-14-27/h5-6,8,10-11,14,16H,3-4,7,9,12-13H2,1-2H3,(H2,23,24,25). The third kappa shape index (κ3) is 4.88. The van der Waals surface area contributed by atoms with Gasteiger partial charge in [0.15, 0.2) is 5.96 Å². The Hall–Kier alpha value is -2.90.